The van der Waals surface area contributed by atoms with Gasteiger partial charge in [-0.15, -0.1) is 0 Å². The van der Waals surface area contributed by atoms with Crippen LogP contribution >= 0.6 is 23.4 Å². The van der Waals surface area contributed by atoms with Gasteiger partial charge in [0.05, 0.1) is 41.8 Å². The van der Waals surface area contributed by atoms with Crippen molar-refractivity contribution in [2.45, 2.75) is 57.9 Å². The number of benzene rings is 2. The average Bonchev–Trinajstić information content (AvgIpc) is 3.57. The van der Waals surface area contributed by atoms with Gasteiger partial charge in [0.15, 0.2) is 0 Å². The van der Waals surface area contributed by atoms with Crippen molar-refractivity contribution < 1.29 is 37.1 Å². The number of aromatic nitrogens is 2. The highest BCUT2D eigenvalue weighted by atomic mass is 35.5. The van der Waals surface area contributed by atoms with Crippen molar-refractivity contribution in [2.75, 3.05) is 13.1 Å². The minimum Gasteiger partial charge on any atom is -0.435 e. The van der Waals surface area contributed by atoms with Crippen LogP contribution in [-0.4, -0.2) is 66.2 Å². The van der Waals surface area contributed by atoms with Gasteiger partial charge in [0.25, 0.3) is 11.1 Å². The molecule has 0 radical (unpaired) electrons. The van der Waals surface area contributed by atoms with Crippen LogP contribution in [-0.2, 0) is 17.5 Å². The summed E-state index contributed by atoms with van der Waals surface area (Å²) in [4.78, 5) is 39.9. The number of rotatable bonds is 5. The van der Waals surface area contributed by atoms with E-state index < -0.39 is 40.6 Å². The number of carboxylic acid groups (broad SMARTS) is 1. The van der Waals surface area contributed by atoms with Crippen LogP contribution in [0.1, 0.15) is 50.3 Å². The fraction of sp³-hybridized carbons (Fsp3) is 0.379. The van der Waals surface area contributed by atoms with E-state index in [-0.39, 0.29) is 33.1 Å². The minimum absolute atomic E-state index is 0.0109. The van der Waals surface area contributed by atoms with E-state index in [1.165, 1.54) is 23.0 Å². The maximum atomic E-state index is 13.6. The molecule has 13 heteroatoms. The molecule has 42 heavy (non-hydrogen) atoms. The lowest BCUT2D eigenvalue weighted by Gasteiger charge is -2.45. The number of likely N-dealkylation sites (tertiary alicyclic amines) is 1. The molecule has 2 aromatic carbocycles. The second-order valence-electron chi connectivity index (χ2n) is 11.6. The van der Waals surface area contributed by atoms with Gasteiger partial charge in [-0.05, 0) is 74.0 Å². The molecule has 5 rings (SSSR count). The predicted octanol–water partition coefficient (Wildman–Crippen LogP) is 7.25. The number of quaternary nitrogens is 1. The van der Waals surface area contributed by atoms with Gasteiger partial charge in [-0.25, -0.2) is 4.48 Å². The topological polar surface area (TPSA) is 92.5 Å². The van der Waals surface area contributed by atoms with Gasteiger partial charge in [-0.2, -0.15) is 23.1 Å². The van der Waals surface area contributed by atoms with Crippen molar-refractivity contribution in [1.29, 1.82) is 0 Å². The Morgan fingerprint density at radius 2 is 1.93 bits per heavy atom. The fourth-order valence-corrected chi connectivity index (χ4v) is 7.10. The number of nitrogens with zero attached hydrogens (tertiary/aromatic N) is 4. The minimum atomic E-state index is -4.57. The molecule has 0 spiro atoms. The lowest BCUT2D eigenvalue weighted by Crippen LogP contribution is -2.67. The molecule has 0 saturated carbocycles. The molecule has 2 aliphatic rings. The monoisotopic (exact) mass is 621 g/mol. The zero-order chi connectivity index (χ0) is 30.6. The largest absolute Gasteiger partial charge is 0.514 e. The van der Waals surface area contributed by atoms with Gasteiger partial charge >= 0.3 is 12.3 Å². The molecule has 2 fully saturated rings. The van der Waals surface area contributed by atoms with Crippen LogP contribution in [0, 0.1) is 0 Å². The summed E-state index contributed by atoms with van der Waals surface area (Å²) in [5.41, 5.74) is -0.220. The average molecular weight is 622 g/mol. The van der Waals surface area contributed by atoms with Gasteiger partial charge in [-0.3, -0.25) is 19.2 Å². The smallest absolute Gasteiger partial charge is 0.435 e. The van der Waals surface area contributed by atoms with Crippen molar-refractivity contribution in [3.8, 4) is 0 Å². The zero-order valence-electron chi connectivity index (χ0n) is 23.1. The lowest BCUT2D eigenvalue weighted by molar-refractivity contribution is -0.913. The number of carbonyl (C=O) groups excluding carboxylic acids is 2. The molecule has 8 nitrogen and oxygen atoms in total. The van der Waals surface area contributed by atoms with Crippen LogP contribution in [0.3, 0.4) is 0 Å². The number of hydrogen-bond acceptors (Lipinski definition) is 5. The molecule has 1 N–H and O–H groups in total. The first-order valence-electron chi connectivity index (χ1n) is 13.3. The van der Waals surface area contributed by atoms with Gasteiger partial charge in [0.1, 0.15) is 11.6 Å². The number of imide groups is 1. The van der Waals surface area contributed by atoms with E-state index in [1.54, 1.807) is 24.3 Å². The first-order chi connectivity index (χ1) is 19.6. The molecule has 2 atom stereocenters. The number of carbonyl (C=O) groups is 3. The number of fused-ring (bicyclic) bond motifs is 1. The number of thioether (sulfide) groups is 1. The third-order valence-electron chi connectivity index (χ3n) is 8.14. The SMILES string of the molecule is CC(C)(C)[N+]1(C(=O)O)CCC[C@@H]1CN1C(=O)S/C(=C\c2ccc3c(cnn3Cc3ccc(Cl)cc3C(F)(F)F)c2)C1=O. The van der Waals surface area contributed by atoms with E-state index in [0.29, 0.717) is 35.9 Å². The summed E-state index contributed by atoms with van der Waals surface area (Å²) < 4.78 is 41.9. The molecule has 3 amide bonds. The van der Waals surface area contributed by atoms with Crippen molar-refractivity contribution >= 4 is 57.6 Å². The van der Waals surface area contributed by atoms with Crippen LogP contribution in [0.4, 0.5) is 22.8 Å². The van der Waals surface area contributed by atoms with Crippen LogP contribution < -0.4 is 0 Å². The second kappa shape index (κ2) is 10.7. The van der Waals surface area contributed by atoms with E-state index in [1.807, 2.05) is 20.8 Å². The molecule has 1 unspecified atom stereocenters. The quantitative estimate of drug-likeness (QED) is 0.238. The molecule has 3 aromatic rings. The lowest BCUT2D eigenvalue weighted by atomic mass is 9.99. The van der Waals surface area contributed by atoms with Crippen LogP contribution in [0.2, 0.25) is 5.02 Å². The Balaban J connectivity index is 1.37. The van der Waals surface area contributed by atoms with Crippen LogP contribution in [0.5, 0.6) is 0 Å². The summed E-state index contributed by atoms with van der Waals surface area (Å²) in [6, 6.07) is 8.34. The van der Waals surface area contributed by atoms with Crippen molar-refractivity contribution in [1.82, 2.24) is 14.7 Å². The number of amides is 3. The fourth-order valence-electron chi connectivity index (χ4n) is 6.08. The Hall–Kier alpha value is -3.35. The van der Waals surface area contributed by atoms with E-state index in [9.17, 15) is 32.7 Å². The summed E-state index contributed by atoms with van der Waals surface area (Å²) >= 11 is 6.60. The normalized spacial score (nSPS) is 22.6. The van der Waals surface area contributed by atoms with Gasteiger partial charge in [0, 0.05) is 23.3 Å². The standard InChI is InChI=1S/C29H28ClF3N4O4S/c1-28(2,3)37(27(40)41)10-4-5-21(37)16-35-25(38)24(42-26(35)39)12-17-6-9-23-19(11-17)14-34-36(23)15-18-7-8-20(30)13-22(18)29(31,32)33/h6-9,11-14,21H,4-5,10,15-16H2,1-3H3/p+1/b24-12-/t21-,37?/m1/s1. The van der Waals surface area contributed by atoms with Crippen molar-refractivity contribution in [3.63, 3.8) is 0 Å². The molecule has 222 valence electrons. The Labute approximate surface area is 249 Å². The zero-order valence-corrected chi connectivity index (χ0v) is 24.7. The first-order valence-corrected chi connectivity index (χ1v) is 14.5. The summed E-state index contributed by atoms with van der Waals surface area (Å²) in [6.45, 7) is 5.89. The molecule has 2 aliphatic heterocycles. The third-order valence-corrected chi connectivity index (χ3v) is 9.28. The molecule has 1 aromatic heterocycles. The molecule has 2 saturated heterocycles. The van der Waals surface area contributed by atoms with E-state index in [2.05, 4.69) is 5.10 Å². The van der Waals surface area contributed by atoms with Gasteiger partial charge in [0.2, 0.25) is 0 Å². The summed E-state index contributed by atoms with van der Waals surface area (Å²) in [6.07, 6.45) is -1.16. The third kappa shape index (κ3) is 5.31. The number of alkyl halides is 3. The molecule has 3 heterocycles. The molecular formula is C29H29ClF3N4O4S+. The van der Waals surface area contributed by atoms with Crippen molar-refractivity contribution in [2.24, 2.45) is 0 Å². The van der Waals surface area contributed by atoms with E-state index in [0.717, 1.165) is 22.7 Å². The maximum absolute atomic E-state index is 13.6. The molecule has 0 aliphatic carbocycles. The summed E-state index contributed by atoms with van der Waals surface area (Å²) in [5, 5.41) is 14.6. The number of halogens is 4. The Bertz CT molecular complexity index is 1630. The summed E-state index contributed by atoms with van der Waals surface area (Å²) in [7, 11) is 0. The highest BCUT2D eigenvalue weighted by Crippen LogP contribution is 2.40. The highest BCUT2D eigenvalue weighted by Gasteiger charge is 2.57. The first kappa shape index (κ1) is 30.1. The summed E-state index contributed by atoms with van der Waals surface area (Å²) in [5.74, 6) is -0.479. The number of hydrogen-bond donors (Lipinski definition) is 1. The Kier molecular flexibility index (Phi) is 7.70. The Morgan fingerprint density at radius 1 is 1.19 bits per heavy atom. The van der Waals surface area contributed by atoms with E-state index >= 15 is 0 Å². The van der Waals surface area contributed by atoms with Crippen molar-refractivity contribution in [3.05, 3.63) is 69.2 Å². The molecule has 0 bridgehead atoms. The Morgan fingerprint density at radius 3 is 2.60 bits per heavy atom. The van der Waals surface area contributed by atoms with Gasteiger partial charge < -0.3 is 5.11 Å². The molecular weight excluding hydrogens is 593 g/mol. The highest BCUT2D eigenvalue weighted by molar-refractivity contribution is 8.18. The second-order valence-corrected chi connectivity index (χ2v) is 13.0. The predicted molar refractivity (Wildman–Crippen MR) is 154 cm³/mol. The van der Waals surface area contributed by atoms with E-state index in [4.69, 9.17) is 11.6 Å². The van der Waals surface area contributed by atoms with Crippen LogP contribution in [0.25, 0.3) is 17.0 Å². The van der Waals surface area contributed by atoms with Gasteiger partial charge in [-0.1, -0.05) is 23.7 Å². The van der Waals surface area contributed by atoms with Crippen LogP contribution in [0.15, 0.2) is 47.5 Å². The maximum Gasteiger partial charge on any atom is 0.514 e.